The van der Waals surface area contributed by atoms with E-state index in [-0.39, 0.29) is 24.4 Å². The molecule has 0 radical (unpaired) electrons. The van der Waals surface area contributed by atoms with Crippen LogP contribution < -0.4 is 11.5 Å². The van der Waals surface area contributed by atoms with Crippen LogP contribution >= 0.6 is 12.4 Å². The normalized spacial score (nSPS) is 17.8. The van der Waals surface area contributed by atoms with Crippen LogP contribution in [0.3, 0.4) is 0 Å². The molecule has 1 heterocycles. The summed E-state index contributed by atoms with van der Waals surface area (Å²) in [6, 6.07) is 3.75. The molecule has 2 aromatic rings. The second-order valence-corrected chi connectivity index (χ2v) is 4.36. The molecule has 17 heavy (non-hydrogen) atoms. The molecule has 1 aromatic carbocycles. The van der Waals surface area contributed by atoms with E-state index in [4.69, 9.17) is 11.5 Å². The van der Waals surface area contributed by atoms with Crippen molar-refractivity contribution in [3.8, 4) is 0 Å². The number of benzene rings is 1. The van der Waals surface area contributed by atoms with Gasteiger partial charge in [-0.2, -0.15) is 0 Å². The van der Waals surface area contributed by atoms with Crippen molar-refractivity contribution in [2.45, 2.75) is 18.9 Å². The van der Waals surface area contributed by atoms with Crippen LogP contribution in [-0.4, -0.2) is 16.9 Å². The number of amides is 1. The van der Waals surface area contributed by atoms with Gasteiger partial charge in [0.25, 0.3) is 0 Å². The van der Waals surface area contributed by atoms with E-state index in [1.165, 1.54) is 5.56 Å². The van der Waals surface area contributed by atoms with Gasteiger partial charge in [-0.3, -0.25) is 4.79 Å². The average Bonchev–Trinajstić information content (AvgIpc) is 2.62. The highest BCUT2D eigenvalue weighted by atomic mass is 35.5. The van der Waals surface area contributed by atoms with E-state index in [1.807, 2.05) is 12.3 Å². The van der Waals surface area contributed by atoms with Gasteiger partial charge in [0, 0.05) is 28.7 Å². The number of primary amides is 1. The van der Waals surface area contributed by atoms with Gasteiger partial charge in [0.15, 0.2) is 0 Å². The first-order chi connectivity index (χ1) is 7.66. The van der Waals surface area contributed by atoms with Crippen molar-refractivity contribution < 1.29 is 4.79 Å². The Labute approximate surface area is 105 Å². The van der Waals surface area contributed by atoms with E-state index in [0.29, 0.717) is 5.56 Å². The van der Waals surface area contributed by atoms with Crippen molar-refractivity contribution >= 4 is 29.2 Å². The first kappa shape index (κ1) is 12.0. The second kappa shape index (κ2) is 4.05. The molecule has 0 aliphatic heterocycles. The zero-order valence-electron chi connectivity index (χ0n) is 9.19. The molecular formula is C12H14ClN3O. The van der Waals surface area contributed by atoms with E-state index in [9.17, 15) is 4.79 Å². The molecule has 4 nitrogen and oxygen atoms in total. The number of hydrogen-bond acceptors (Lipinski definition) is 2. The first-order valence-electron chi connectivity index (χ1n) is 5.34. The standard InChI is InChI=1S/C12H13N3O.ClH/c13-7-3-6-5-15-10-2-1-8(12(14)16)9(4-7)11(6)10;/h1-2,5,7,15H,3-4,13H2,(H2,14,16);1H. The SMILES string of the molecule is Cl.NC(=O)c1ccc2[nH]cc3c2c1CC(N)C3. The lowest BCUT2D eigenvalue weighted by Gasteiger charge is -2.20. The molecular weight excluding hydrogens is 238 g/mol. The minimum absolute atomic E-state index is 0. The number of halogens is 1. The van der Waals surface area contributed by atoms with Crippen LogP contribution in [-0.2, 0) is 12.8 Å². The number of nitrogens with one attached hydrogen (secondary N) is 1. The summed E-state index contributed by atoms with van der Waals surface area (Å²) in [5, 5.41) is 1.14. The van der Waals surface area contributed by atoms with Gasteiger partial charge in [0.1, 0.15) is 0 Å². The van der Waals surface area contributed by atoms with Crippen molar-refractivity contribution in [1.29, 1.82) is 0 Å². The fourth-order valence-electron chi connectivity index (χ4n) is 2.59. The molecule has 3 rings (SSSR count). The smallest absolute Gasteiger partial charge is 0.249 e. The molecule has 1 aromatic heterocycles. The number of aromatic amines is 1. The highest BCUT2D eigenvalue weighted by Crippen LogP contribution is 2.31. The Bertz CT molecular complexity index is 591. The van der Waals surface area contributed by atoms with Crippen LogP contribution in [0.4, 0.5) is 0 Å². The molecule has 5 N–H and O–H groups in total. The summed E-state index contributed by atoms with van der Waals surface area (Å²) < 4.78 is 0. The number of rotatable bonds is 1. The molecule has 0 saturated heterocycles. The molecule has 0 fully saturated rings. The van der Waals surface area contributed by atoms with E-state index < -0.39 is 0 Å². The van der Waals surface area contributed by atoms with Gasteiger partial charge in [-0.05, 0) is 36.1 Å². The Morgan fingerprint density at radius 3 is 2.82 bits per heavy atom. The quantitative estimate of drug-likeness (QED) is 0.709. The number of carbonyl (C=O) groups excluding carboxylic acids is 1. The third-order valence-electron chi connectivity index (χ3n) is 3.25. The van der Waals surface area contributed by atoms with Gasteiger partial charge in [-0.1, -0.05) is 0 Å². The van der Waals surface area contributed by atoms with Crippen LogP contribution in [0.25, 0.3) is 10.9 Å². The predicted molar refractivity (Wildman–Crippen MR) is 69.4 cm³/mol. The molecule has 1 unspecified atom stereocenters. The molecule has 0 bridgehead atoms. The Morgan fingerprint density at radius 2 is 2.12 bits per heavy atom. The Hall–Kier alpha value is -1.52. The van der Waals surface area contributed by atoms with Crippen molar-refractivity contribution in [2.24, 2.45) is 11.5 Å². The molecule has 1 aliphatic rings. The maximum Gasteiger partial charge on any atom is 0.249 e. The first-order valence-corrected chi connectivity index (χ1v) is 5.34. The van der Waals surface area contributed by atoms with E-state index in [2.05, 4.69) is 4.98 Å². The Morgan fingerprint density at radius 1 is 1.35 bits per heavy atom. The van der Waals surface area contributed by atoms with Gasteiger partial charge in [0.2, 0.25) is 5.91 Å². The van der Waals surface area contributed by atoms with Crippen molar-refractivity contribution in [3.05, 3.63) is 35.0 Å². The Kier molecular flexibility index (Phi) is 2.85. The van der Waals surface area contributed by atoms with E-state index in [0.717, 1.165) is 29.3 Å². The van der Waals surface area contributed by atoms with Crippen molar-refractivity contribution in [1.82, 2.24) is 4.98 Å². The fourth-order valence-corrected chi connectivity index (χ4v) is 2.59. The zero-order chi connectivity index (χ0) is 11.3. The maximum absolute atomic E-state index is 11.4. The molecule has 1 amide bonds. The topological polar surface area (TPSA) is 84.9 Å². The highest BCUT2D eigenvalue weighted by molar-refractivity contribution is 6.01. The third kappa shape index (κ3) is 1.69. The molecule has 0 saturated carbocycles. The summed E-state index contributed by atoms with van der Waals surface area (Å²) in [7, 11) is 0. The number of hydrogen-bond donors (Lipinski definition) is 3. The second-order valence-electron chi connectivity index (χ2n) is 4.36. The lowest BCUT2D eigenvalue weighted by atomic mass is 9.86. The molecule has 5 heteroatoms. The van der Waals surface area contributed by atoms with Gasteiger partial charge in [-0.25, -0.2) is 0 Å². The zero-order valence-corrected chi connectivity index (χ0v) is 10.0. The summed E-state index contributed by atoms with van der Waals surface area (Å²) in [5.74, 6) is -0.377. The molecule has 0 spiro atoms. The van der Waals surface area contributed by atoms with Crippen LogP contribution in [0, 0.1) is 0 Å². The summed E-state index contributed by atoms with van der Waals surface area (Å²) in [6.07, 6.45) is 3.55. The van der Waals surface area contributed by atoms with Gasteiger partial charge >= 0.3 is 0 Å². The Balaban J connectivity index is 0.00000108. The number of carbonyl (C=O) groups is 1. The third-order valence-corrected chi connectivity index (χ3v) is 3.25. The van der Waals surface area contributed by atoms with E-state index >= 15 is 0 Å². The minimum atomic E-state index is -0.377. The predicted octanol–water partition coefficient (Wildman–Crippen LogP) is 1.11. The van der Waals surface area contributed by atoms with Gasteiger partial charge in [-0.15, -0.1) is 12.4 Å². The fraction of sp³-hybridized carbons (Fsp3) is 0.250. The minimum Gasteiger partial charge on any atom is -0.366 e. The van der Waals surface area contributed by atoms with Crippen LogP contribution in [0.5, 0.6) is 0 Å². The van der Waals surface area contributed by atoms with Crippen LogP contribution in [0.2, 0.25) is 0 Å². The highest BCUT2D eigenvalue weighted by Gasteiger charge is 2.23. The lowest BCUT2D eigenvalue weighted by Crippen LogP contribution is -2.30. The monoisotopic (exact) mass is 251 g/mol. The largest absolute Gasteiger partial charge is 0.366 e. The summed E-state index contributed by atoms with van der Waals surface area (Å²) >= 11 is 0. The van der Waals surface area contributed by atoms with Crippen LogP contribution in [0.15, 0.2) is 18.3 Å². The summed E-state index contributed by atoms with van der Waals surface area (Å²) in [6.45, 7) is 0. The molecule has 1 aliphatic carbocycles. The van der Waals surface area contributed by atoms with Crippen molar-refractivity contribution in [3.63, 3.8) is 0 Å². The maximum atomic E-state index is 11.4. The number of aromatic nitrogens is 1. The van der Waals surface area contributed by atoms with Crippen molar-refractivity contribution in [2.75, 3.05) is 0 Å². The number of nitrogens with two attached hydrogens (primary N) is 2. The lowest BCUT2D eigenvalue weighted by molar-refractivity contribution is 0.0999. The summed E-state index contributed by atoms with van der Waals surface area (Å²) in [5.41, 5.74) is 15.2. The molecule has 1 atom stereocenters. The van der Waals surface area contributed by atoms with E-state index in [1.54, 1.807) is 6.07 Å². The van der Waals surface area contributed by atoms with Crippen LogP contribution in [0.1, 0.15) is 21.5 Å². The number of H-pyrrole nitrogens is 1. The van der Waals surface area contributed by atoms with Gasteiger partial charge in [0.05, 0.1) is 0 Å². The molecule has 90 valence electrons. The average molecular weight is 252 g/mol. The van der Waals surface area contributed by atoms with Gasteiger partial charge < -0.3 is 16.5 Å². The summed E-state index contributed by atoms with van der Waals surface area (Å²) in [4.78, 5) is 14.6.